The highest BCUT2D eigenvalue weighted by atomic mass is 16.3. The first-order valence-corrected chi connectivity index (χ1v) is 6.63. The van der Waals surface area contributed by atoms with Crippen LogP contribution >= 0.6 is 0 Å². The minimum atomic E-state index is 0.251. The van der Waals surface area contributed by atoms with Gasteiger partial charge in [0.25, 0.3) is 0 Å². The Morgan fingerprint density at radius 2 is 2.12 bits per heavy atom. The Morgan fingerprint density at radius 1 is 1.35 bits per heavy atom. The van der Waals surface area contributed by atoms with Crippen molar-refractivity contribution < 1.29 is 5.11 Å². The van der Waals surface area contributed by atoms with Crippen LogP contribution in [0.25, 0.3) is 0 Å². The van der Waals surface area contributed by atoms with Crippen molar-refractivity contribution in [2.75, 3.05) is 19.7 Å². The lowest BCUT2D eigenvalue weighted by molar-refractivity contribution is 0.184. The van der Waals surface area contributed by atoms with Gasteiger partial charge in [-0.15, -0.1) is 0 Å². The van der Waals surface area contributed by atoms with Gasteiger partial charge in [-0.1, -0.05) is 20.8 Å². The van der Waals surface area contributed by atoms with Crippen LogP contribution in [-0.4, -0.2) is 34.7 Å². The third-order valence-corrected chi connectivity index (χ3v) is 3.01. The van der Waals surface area contributed by atoms with Crippen molar-refractivity contribution in [3.63, 3.8) is 0 Å². The molecule has 3 heteroatoms. The van der Waals surface area contributed by atoms with Crippen molar-refractivity contribution in [2.45, 2.75) is 40.2 Å². The summed E-state index contributed by atoms with van der Waals surface area (Å²) in [6.45, 7) is 9.17. The molecular weight excluding hydrogens is 212 g/mol. The molecule has 0 atom stereocenters. The zero-order chi connectivity index (χ0) is 12.7. The Kier molecular flexibility index (Phi) is 6.16. The summed E-state index contributed by atoms with van der Waals surface area (Å²) in [6, 6.07) is 2.21. The van der Waals surface area contributed by atoms with Gasteiger partial charge in [0.05, 0.1) is 6.61 Å². The van der Waals surface area contributed by atoms with Crippen LogP contribution in [-0.2, 0) is 19.4 Å². The normalized spacial score (nSPS) is 14.8. The summed E-state index contributed by atoms with van der Waals surface area (Å²) in [5, 5.41) is 8.91. The molecule has 1 aromatic heterocycles. The second-order valence-corrected chi connectivity index (χ2v) is 4.05. The van der Waals surface area contributed by atoms with E-state index in [4.69, 9.17) is 5.11 Å². The van der Waals surface area contributed by atoms with Gasteiger partial charge in [-0.3, -0.25) is 9.88 Å². The van der Waals surface area contributed by atoms with E-state index in [1.54, 1.807) is 0 Å². The van der Waals surface area contributed by atoms with Gasteiger partial charge >= 0.3 is 0 Å². The molecule has 2 heterocycles. The number of aromatic nitrogens is 1. The second kappa shape index (κ2) is 7.41. The molecule has 0 saturated carbocycles. The van der Waals surface area contributed by atoms with Gasteiger partial charge in [-0.25, -0.2) is 0 Å². The number of pyridine rings is 1. The lowest BCUT2D eigenvalue weighted by atomic mass is 10.0. The SMILES string of the molecule is CC.CCc1cc2c(cn1)CCN(CCO)C2. The molecule has 0 fully saturated rings. The monoisotopic (exact) mass is 236 g/mol. The van der Waals surface area contributed by atoms with E-state index in [2.05, 4.69) is 22.9 Å². The predicted molar refractivity (Wildman–Crippen MR) is 71.0 cm³/mol. The maximum atomic E-state index is 8.91. The van der Waals surface area contributed by atoms with Gasteiger partial charge in [0.15, 0.2) is 0 Å². The summed E-state index contributed by atoms with van der Waals surface area (Å²) in [6.07, 6.45) is 4.07. The minimum Gasteiger partial charge on any atom is -0.395 e. The van der Waals surface area contributed by atoms with Crippen molar-refractivity contribution in [3.8, 4) is 0 Å². The highest BCUT2D eigenvalue weighted by Crippen LogP contribution is 2.18. The number of hydrogen-bond donors (Lipinski definition) is 1. The fraction of sp³-hybridized carbons (Fsp3) is 0.643. The smallest absolute Gasteiger partial charge is 0.0558 e. The van der Waals surface area contributed by atoms with Crippen LogP contribution in [0, 0.1) is 0 Å². The number of rotatable bonds is 3. The Morgan fingerprint density at radius 3 is 2.76 bits per heavy atom. The Labute approximate surface area is 104 Å². The van der Waals surface area contributed by atoms with Crippen molar-refractivity contribution in [1.29, 1.82) is 0 Å². The van der Waals surface area contributed by atoms with E-state index in [1.165, 1.54) is 16.8 Å². The number of aliphatic hydroxyl groups is 1. The minimum absolute atomic E-state index is 0.251. The summed E-state index contributed by atoms with van der Waals surface area (Å²) in [5.74, 6) is 0. The first-order chi connectivity index (χ1) is 8.33. The zero-order valence-corrected chi connectivity index (χ0v) is 11.2. The molecule has 0 spiro atoms. The molecule has 1 aromatic rings. The quantitative estimate of drug-likeness (QED) is 0.872. The van der Waals surface area contributed by atoms with E-state index >= 15 is 0 Å². The average molecular weight is 236 g/mol. The van der Waals surface area contributed by atoms with Crippen LogP contribution in [0.2, 0.25) is 0 Å². The third-order valence-electron chi connectivity index (χ3n) is 3.01. The molecule has 0 saturated heterocycles. The number of fused-ring (bicyclic) bond motifs is 1. The molecule has 0 aromatic carbocycles. The second-order valence-electron chi connectivity index (χ2n) is 4.05. The standard InChI is InChI=1S/C12H18N2O.C2H6/c1-2-12-7-11-9-14(5-6-15)4-3-10(11)8-13-12;1-2/h7-8,15H,2-6,9H2,1H3;1-2H3. The van der Waals surface area contributed by atoms with E-state index < -0.39 is 0 Å². The van der Waals surface area contributed by atoms with E-state index in [1.807, 2.05) is 20.0 Å². The number of aliphatic hydroxyl groups excluding tert-OH is 1. The molecule has 1 N–H and O–H groups in total. The van der Waals surface area contributed by atoms with Crippen LogP contribution in [0.1, 0.15) is 37.6 Å². The van der Waals surface area contributed by atoms with Gasteiger partial charge in [0.2, 0.25) is 0 Å². The largest absolute Gasteiger partial charge is 0.395 e. The van der Waals surface area contributed by atoms with Crippen molar-refractivity contribution >= 4 is 0 Å². The molecule has 3 nitrogen and oxygen atoms in total. The molecule has 1 aliphatic heterocycles. The maximum absolute atomic E-state index is 8.91. The van der Waals surface area contributed by atoms with E-state index in [9.17, 15) is 0 Å². The molecule has 0 bridgehead atoms. The van der Waals surface area contributed by atoms with E-state index in [0.717, 1.165) is 32.5 Å². The first-order valence-electron chi connectivity index (χ1n) is 6.63. The van der Waals surface area contributed by atoms with Crippen LogP contribution < -0.4 is 0 Å². The number of β-amino-alcohol motifs (C(OH)–C–C–N with tert-alkyl or cyclic N) is 1. The fourth-order valence-corrected chi connectivity index (χ4v) is 2.07. The molecule has 1 aliphatic rings. The highest BCUT2D eigenvalue weighted by Gasteiger charge is 2.15. The zero-order valence-electron chi connectivity index (χ0n) is 11.2. The number of nitrogens with zero attached hydrogens (tertiary/aromatic N) is 2. The molecule has 0 aliphatic carbocycles. The predicted octanol–water partition coefficient (Wildman–Crippen LogP) is 2.02. The molecule has 2 rings (SSSR count). The Bertz CT molecular complexity index is 339. The molecule has 0 amide bonds. The highest BCUT2D eigenvalue weighted by molar-refractivity contribution is 5.28. The van der Waals surface area contributed by atoms with Gasteiger partial charge in [0, 0.05) is 31.5 Å². The van der Waals surface area contributed by atoms with E-state index in [0.29, 0.717) is 0 Å². The molecule has 0 radical (unpaired) electrons. The first kappa shape index (κ1) is 14.1. The topological polar surface area (TPSA) is 36.4 Å². The van der Waals surface area contributed by atoms with Crippen LogP contribution in [0.15, 0.2) is 12.3 Å². The van der Waals surface area contributed by atoms with Crippen LogP contribution in [0.5, 0.6) is 0 Å². The van der Waals surface area contributed by atoms with Crippen molar-refractivity contribution in [2.24, 2.45) is 0 Å². The summed E-state index contributed by atoms with van der Waals surface area (Å²) >= 11 is 0. The van der Waals surface area contributed by atoms with Crippen LogP contribution in [0.4, 0.5) is 0 Å². The van der Waals surface area contributed by atoms with Gasteiger partial charge < -0.3 is 5.11 Å². The molecular formula is C14H24N2O. The maximum Gasteiger partial charge on any atom is 0.0558 e. The summed E-state index contributed by atoms with van der Waals surface area (Å²) in [5.41, 5.74) is 3.93. The Hall–Kier alpha value is -0.930. The van der Waals surface area contributed by atoms with Crippen molar-refractivity contribution in [1.82, 2.24) is 9.88 Å². The lowest BCUT2D eigenvalue weighted by Crippen LogP contribution is -2.32. The summed E-state index contributed by atoms with van der Waals surface area (Å²) in [4.78, 5) is 6.71. The molecule has 0 unspecified atom stereocenters. The number of hydrogen-bond acceptors (Lipinski definition) is 3. The lowest BCUT2D eigenvalue weighted by Gasteiger charge is -2.28. The Balaban J connectivity index is 0.000000686. The fourth-order valence-electron chi connectivity index (χ4n) is 2.07. The van der Waals surface area contributed by atoms with Crippen molar-refractivity contribution in [3.05, 3.63) is 29.1 Å². The van der Waals surface area contributed by atoms with Gasteiger partial charge in [-0.2, -0.15) is 0 Å². The van der Waals surface area contributed by atoms with E-state index in [-0.39, 0.29) is 6.61 Å². The summed E-state index contributed by atoms with van der Waals surface area (Å²) < 4.78 is 0. The third kappa shape index (κ3) is 3.79. The molecule has 17 heavy (non-hydrogen) atoms. The van der Waals surface area contributed by atoms with Crippen LogP contribution in [0.3, 0.4) is 0 Å². The van der Waals surface area contributed by atoms with Gasteiger partial charge in [-0.05, 0) is 30.0 Å². The number of aryl methyl sites for hydroxylation is 1. The molecule has 96 valence electrons. The van der Waals surface area contributed by atoms with Gasteiger partial charge in [0.1, 0.15) is 0 Å². The average Bonchev–Trinajstić information content (AvgIpc) is 2.40. The summed E-state index contributed by atoms with van der Waals surface area (Å²) in [7, 11) is 0.